The number of anilines is 2. The number of rotatable bonds is 4. The molecule has 0 spiro atoms. The Balaban J connectivity index is 1.74. The predicted molar refractivity (Wildman–Crippen MR) is 85.9 cm³/mol. The van der Waals surface area contributed by atoms with Crippen LogP contribution in [0.5, 0.6) is 0 Å². The highest BCUT2D eigenvalue weighted by Crippen LogP contribution is 2.26. The molecule has 0 bridgehead atoms. The fourth-order valence-electron chi connectivity index (χ4n) is 2.77. The van der Waals surface area contributed by atoms with Crippen molar-refractivity contribution in [3.05, 3.63) is 24.3 Å². The molecule has 2 fully saturated rings. The lowest BCUT2D eigenvalue weighted by Crippen LogP contribution is -2.42. The Hall–Kier alpha value is -2.61. The number of hydrogen-bond acceptors (Lipinski definition) is 5. The molecule has 0 saturated carbocycles. The monoisotopic (exact) mass is 333 g/mol. The van der Waals surface area contributed by atoms with Crippen molar-refractivity contribution in [2.45, 2.75) is 13.0 Å². The van der Waals surface area contributed by atoms with E-state index in [0.29, 0.717) is 25.4 Å². The zero-order valence-electron chi connectivity index (χ0n) is 13.4. The van der Waals surface area contributed by atoms with Gasteiger partial charge in [-0.3, -0.25) is 14.5 Å². The second-order valence-electron chi connectivity index (χ2n) is 5.65. The van der Waals surface area contributed by atoms with Crippen LogP contribution in [0.3, 0.4) is 0 Å². The molecular weight excluding hydrogens is 314 g/mol. The second-order valence-corrected chi connectivity index (χ2v) is 5.65. The SMILES string of the molecule is CC(=O)NC[C@H]1COC(=O)N1c1ccc(N2CCOCC2=O)cc1. The fourth-order valence-corrected chi connectivity index (χ4v) is 2.77. The topological polar surface area (TPSA) is 88.2 Å². The van der Waals surface area contributed by atoms with Crippen LogP contribution in [-0.4, -0.2) is 56.9 Å². The Labute approximate surface area is 139 Å². The van der Waals surface area contributed by atoms with Crippen molar-refractivity contribution in [3.63, 3.8) is 0 Å². The maximum Gasteiger partial charge on any atom is 0.414 e. The second kappa shape index (κ2) is 6.88. The Bertz CT molecular complexity index is 646. The lowest BCUT2D eigenvalue weighted by molar-refractivity contribution is -0.125. The van der Waals surface area contributed by atoms with Gasteiger partial charge in [-0.15, -0.1) is 0 Å². The van der Waals surface area contributed by atoms with Crippen LogP contribution < -0.4 is 15.1 Å². The summed E-state index contributed by atoms with van der Waals surface area (Å²) in [5, 5.41) is 2.70. The third-order valence-corrected chi connectivity index (χ3v) is 3.97. The largest absolute Gasteiger partial charge is 0.447 e. The quantitative estimate of drug-likeness (QED) is 0.867. The number of carbonyl (C=O) groups is 3. The smallest absolute Gasteiger partial charge is 0.414 e. The van der Waals surface area contributed by atoms with E-state index in [1.54, 1.807) is 29.2 Å². The molecule has 8 nitrogen and oxygen atoms in total. The van der Waals surface area contributed by atoms with Gasteiger partial charge in [0.2, 0.25) is 5.91 Å². The molecule has 2 saturated heterocycles. The first-order valence-electron chi connectivity index (χ1n) is 7.75. The van der Waals surface area contributed by atoms with E-state index in [1.165, 1.54) is 11.8 Å². The highest BCUT2D eigenvalue weighted by atomic mass is 16.6. The summed E-state index contributed by atoms with van der Waals surface area (Å²) in [6.07, 6.45) is -0.444. The standard InChI is InChI=1S/C16H19N3O5/c1-11(20)17-8-14-9-24-16(22)19(14)13-4-2-12(3-5-13)18-6-7-23-10-15(18)21/h2-5,14H,6-10H2,1H3,(H,17,20)/t14-/m0/s1. The third-order valence-electron chi connectivity index (χ3n) is 3.97. The molecule has 24 heavy (non-hydrogen) atoms. The molecule has 1 atom stereocenters. The normalized spacial score (nSPS) is 21.0. The Kier molecular flexibility index (Phi) is 4.66. The summed E-state index contributed by atoms with van der Waals surface area (Å²) in [5.41, 5.74) is 1.43. The fraction of sp³-hybridized carbons (Fsp3) is 0.438. The van der Waals surface area contributed by atoms with Crippen molar-refractivity contribution >= 4 is 29.3 Å². The molecule has 2 aliphatic rings. The van der Waals surface area contributed by atoms with Crippen molar-refractivity contribution < 1.29 is 23.9 Å². The average Bonchev–Trinajstić information content (AvgIpc) is 2.94. The summed E-state index contributed by atoms with van der Waals surface area (Å²) >= 11 is 0. The van der Waals surface area contributed by atoms with Crippen LogP contribution in [0.2, 0.25) is 0 Å². The van der Waals surface area contributed by atoms with Gasteiger partial charge < -0.3 is 19.7 Å². The van der Waals surface area contributed by atoms with Crippen molar-refractivity contribution in [2.24, 2.45) is 0 Å². The predicted octanol–water partition coefficient (Wildman–Crippen LogP) is 0.511. The minimum absolute atomic E-state index is 0.0823. The van der Waals surface area contributed by atoms with E-state index in [4.69, 9.17) is 9.47 Å². The molecule has 1 aromatic rings. The van der Waals surface area contributed by atoms with Gasteiger partial charge in [-0.2, -0.15) is 0 Å². The number of nitrogens with one attached hydrogen (secondary N) is 1. The number of ether oxygens (including phenoxy) is 2. The van der Waals surface area contributed by atoms with Crippen molar-refractivity contribution in [3.8, 4) is 0 Å². The van der Waals surface area contributed by atoms with Gasteiger partial charge in [0.15, 0.2) is 0 Å². The zero-order chi connectivity index (χ0) is 17.1. The highest BCUT2D eigenvalue weighted by Gasteiger charge is 2.34. The first-order valence-corrected chi connectivity index (χ1v) is 7.75. The summed E-state index contributed by atoms with van der Waals surface area (Å²) in [4.78, 5) is 38.1. The van der Waals surface area contributed by atoms with Gasteiger partial charge in [-0.05, 0) is 24.3 Å². The Morgan fingerprint density at radius 1 is 1.25 bits per heavy atom. The number of benzene rings is 1. The van der Waals surface area contributed by atoms with Crippen LogP contribution in [0.25, 0.3) is 0 Å². The molecule has 3 rings (SSSR count). The molecule has 1 N–H and O–H groups in total. The molecule has 1 aromatic carbocycles. The first kappa shape index (κ1) is 16.3. The molecular formula is C16H19N3O5. The third kappa shape index (κ3) is 3.33. The summed E-state index contributed by atoms with van der Waals surface area (Å²) in [6.45, 7) is 3.07. The lowest BCUT2D eigenvalue weighted by Gasteiger charge is -2.27. The van der Waals surface area contributed by atoms with E-state index in [9.17, 15) is 14.4 Å². The van der Waals surface area contributed by atoms with E-state index in [-0.39, 0.29) is 31.1 Å². The minimum atomic E-state index is -0.444. The van der Waals surface area contributed by atoms with Gasteiger partial charge in [0.05, 0.1) is 12.6 Å². The van der Waals surface area contributed by atoms with Crippen LogP contribution in [0.1, 0.15) is 6.92 Å². The van der Waals surface area contributed by atoms with Crippen LogP contribution in [0.4, 0.5) is 16.2 Å². The molecule has 3 amide bonds. The summed E-state index contributed by atoms with van der Waals surface area (Å²) in [5.74, 6) is -0.242. The Morgan fingerprint density at radius 2 is 1.96 bits per heavy atom. The van der Waals surface area contributed by atoms with Crippen LogP contribution in [0, 0.1) is 0 Å². The van der Waals surface area contributed by atoms with Crippen molar-refractivity contribution in [1.82, 2.24) is 5.32 Å². The van der Waals surface area contributed by atoms with E-state index in [0.717, 1.165) is 5.69 Å². The van der Waals surface area contributed by atoms with Gasteiger partial charge in [0.1, 0.15) is 13.2 Å². The molecule has 128 valence electrons. The number of amides is 3. The van der Waals surface area contributed by atoms with E-state index in [2.05, 4.69) is 5.32 Å². The summed E-state index contributed by atoms with van der Waals surface area (Å²) < 4.78 is 10.2. The molecule has 0 unspecified atom stereocenters. The van der Waals surface area contributed by atoms with Gasteiger partial charge in [0, 0.05) is 31.4 Å². The highest BCUT2D eigenvalue weighted by molar-refractivity contribution is 5.95. The molecule has 0 aliphatic carbocycles. The molecule has 0 radical (unpaired) electrons. The lowest BCUT2D eigenvalue weighted by atomic mass is 10.2. The number of carbonyl (C=O) groups excluding carboxylic acids is 3. The first-order chi connectivity index (χ1) is 11.6. The number of hydrogen-bond donors (Lipinski definition) is 1. The molecule has 2 heterocycles. The van der Waals surface area contributed by atoms with Gasteiger partial charge >= 0.3 is 6.09 Å². The maximum atomic E-state index is 12.0. The van der Waals surface area contributed by atoms with Gasteiger partial charge in [-0.25, -0.2) is 4.79 Å². The molecule has 0 aromatic heterocycles. The van der Waals surface area contributed by atoms with Crippen molar-refractivity contribution in [1.29, 1.82) is 0 Å². The molecule has 8 heteroatoms. The average molecular weight is 333 g/mol. The molecule has 2 aliphatic heterocycles. The zero-order valence-corrected chi connectivity index (χ0v) is 13.4. The minimum Gasteiger partial charge on any atom is -0.447 e. The van der Waals surface area contributed by atoms with E-state index >= 15 is 0 Å². The summed E-state index contributed by atoms with van der Waals surface area (Å²) in [6, 6.07) is 6.87. The van der Waals surface area contributed by atoms with Gasteiger partial charge in [-0.1, -0.05) is 0 Å². The van der Waals surface area contributed by atoms with Crippen LogP contribution in [0.15, 0.2) is 24.3 Å². The van der Waals surface area contributed by atoms with E-state index < -0.39 is 6.09 Å². The number of cyclic esters (lactones) is 1. The van der Waals surface area contributed by atoms with Crippen LogP contribution in [-0.2, 0) is 19.1 Å². The van der Waals surface area contributed by atoms with Crippen LogP contribution >= 0.6 is 0 Å². The van der Waals surface area contributed by atoms with Crippen molar-refractivity contribution in [2.75, 3.05) is 42.7 Å². The number of morpholine rings is 1. The Morgan fingerprint density at radius 3 is 2.62 bits per heavy atom. The number of nitrogens with zero attached hydrogens (tertiary/aromatic N) is 2. The summed E-state index contributed by atoms with van der Waals surface area (Å²) in [7, 11) is 0. The van der Waals surface area contributed by atoms with Gasteiger partial charge in [0.25, 0.3) is 5.91 Å². The maximum absolute atomic E-state index is 12.0. The van der Waals surface area contributed by atoms with E-state index in [1.807, 2.05) is 0 Å².